The Morgan fingerprint density at radius 3 is 2.30 bits per heavy atom. The molecule has 1 aliphatic heterocycles. The molecule has 1 heterocycles. The van der Waals surface area contributed by atoms with Crippen LogP contribution in [0.3, 0.4) is 0 Å². The second-order valence-corrected chi connectivity index (χ2v) is 5.18. The number of aliphatic imine (C=N–C) groups is 1. The van der Waals surface area contributed by atoms with Gasteiger partial charge in [0.1, 0.15) is 0 Å². The molecular formula is C18H25N3O2. The molecule has 0 bridgehead atoms. The average molecular weight is 315 g/mol. The summed E-state index contributed by atoms with van der Waals surface area (Å²) in [6.07, 6.45) is 1.77. The van der Waals surface area contributed by atoms with Gasteiger partial charge in [-0.3, -0.25) is 9.69 Å². The Morgan fingerprint density at radius 1 is 1.13 bits per heavy atom. The third-order valence-electron chi connectivity index (χ3n) is 3.82. The van der Waals surface area contributed by atoms with E-state index >= 15 is 0 Å². The molecule has 0 atom stereocenters. The second kappa shape index (κ2) is 7.81. The lowest BCUT2D eigenvalue weighted by Crippen LogP contribution is -2.29. The molecule has 0 N–H and O–H groups in total. The van der Waals surface area contributed by atoms with E-state index in [1.165, 1.54) is 5.69 Å². The van der Waals surface area contributed by atoms with Gasteiger partial charge in [-0.15, -0.1) is 0 Å². The van der Waals surface area contributed by atoms with Gasteiger partial charge in [-0.25, -0.2) is 4.99 Å². The van der Waals surface area contributed by atoms with Crippen molar-refractivity contribution in [1.82, 2.24) is 4.90 Å². The van der Waals surface area contributed by atoms with Crippen LogP contribution in [0, 0.1) is 0 Å². The molecule has 2 rings (SSSR count). The van der Waals surface area contributed by atoms with E-state index in [9.17, 15) is 4.79 Å². The summed E-state index contributed by atoms with van der Waals surface area (Å²) in [5, 5.41) is 0. The highest BCUT2D eigenvalue weighted by Crippen LogP contribution is 2.21. The highest BCUT2D eigenvalue weighted by Gasteiger charge is 2.33. The van der Waals surface area contributed by atoms with Crippen LogP contribution in [0.5, 0.6) is 0 Å². The van der Waals surface area contributed by atoms with Crippen molar-refractivity contribution in [2.24, 2.45) is 4.99 Å². The molecular weight excluding hydrogens is 290 g/mol. The molecule has 5 heteroatoms. The van der Waals surface area contributed by atoms with Gasteiger partial charge in [0, 0.05) is 31.9 Å². The molecule has 1 fully saturated rings. The van der Waals surface area contributed by atoms with Crippen molar-refractivity contribution in [3.8, 4) is 0 Å². The minimum Gasteiger partial charge on any atom is -0.420 e. The Kier molecular flexibility index (Phi) is 5.79. The highest BCUT2D eigenvalue weighted by atomic mass is 16.5. The lowest BCUT2D eigenvalue weighted by Gasteiger charge is -2.20. The number of carbonyl (C=O) groups is 1. The van der Waals surface area contributed by atoms with Crippen LogP contribution in [-0.4, -0.2) is 43.0 Å². The number of hydrogen-bond donors (Lipinski definition) is 0. The van der Waals surface area contributed by atoms with Crippen molar-refractivity contribution in [3.63, 3.8) is 0 Å². The first kappa shape index (κ1) is 17.1. The van der Waals surface area contributed by atoms with E-state index in [0.717, 1.165) is 18.7 Å². The van der Waals surface area contributed by atoms with Gasteiger partial charge >= 0.3 is 0 Å². The van der Waals surface area contributed by atoms with Crippen molar-refractivity contribution >= 4 is 23.7 Å². The van der Waals surface area contributed by atoms with Crippen molar-refractivity contribution in [2.75, 3.05) is 31.1 Å². The van der Waals surface area contributed by atoms with E-state index < -0.39 is 0 Å². The van der Waals surface area contributed by atoms with Gasteiger partial charge in [0.2, 0.25) is 0 Å². The molecule has 1 amide bonds. The smallest absolute Gasteiger partial charge is 0.300 e. The van der Waals surface area contributed by atoms with Crippen LogP contribution in [0.15, 0.2) is 35.0 Å². The Labute approximate surface area is 138 Å². The van der Waals surface area contributed by atoms with Gasteiger partial charge in [0.25, 0.3) is 11.9 Å². The van der Waals surface area contributed by atoms with Crippen LogP contribution < -0.4 is 4.90 Å². The third kappa shape index (κ3) is 3.73. The lowest BCUT2D eigenvalue weighted by atomic mass is 10.1. The molecule has 5 nitrogen and oxygen atoms in total. The summed E-state index contributed by atoms with van der Waals surface area (Å²) in [5.74, 6) is 0.196. The van der Waals surface area contributed by atoms with E-state index in [-0.39, 0.29) is 5.91 Å². The Morgan fingerprint density at radius 2 is 1.78 bits per heavy atom. The van der Waals surface area contributed by atoms with E-state index in [4.69, 9.17) is 4.74 Å². The molecule has 0 saturated carbocycles. The fraction of sp³-hybridized carbons (Fsp3) is 0.444. The normalized spacial score (nSPS) is 17.9. The zero-order valence-corrected chi connectivity index (χ0v) is 14.4. The van der Waals surface area contributed by atoms with Crippen molar-refractivity contribution in [1.29, 1.82) is 0 Å². The van der Waals surface area contributed by atoms with Crippen LogP contribution in [0.1, 0.15) is 33.3 Å². The molecule has 0 unspecified atom stereocenters. The zero-order valence-electron chi connectivity index (χ0n) is 14.4. The van der Waals surface area contributed by atoms with E-state index in [0.29, 0.717) is 24.9 Å². The molecule has 124 valence electrons. The zero-order chi connectivity index (χ0) is 16.8. The van der Waals surface area contributed by atoms with Gasteiger partial charge < -0.3 is 9.64 Å². The van der Waals surface area contributed by atoms with E-state index in [1.807, 2.05) is 26.0 Å². The first-order chi connectivity index (χ1) is 11.1. The molecule has 1 aromatic carbocycles. The Balaban J connectivity index is 2.22. The minimum atomic E-state index is -0.132. The predicted octanol–water partition coefficient (Wildman–Crippen LogP) is 3.13. The van der Waals surface area contributed by atoms with Crippen LogP contribution in [-0.2, 0) is 9.53 Å². The molecule has 1 saturated heterocycles. The topological polar surface area (TPSA) is 45.1 Å². The summed E-state index contributed by atoms with van der Waals surface area (Å²) in [5.41, 5.74) is 2.12. The highest BCUT2D eigenvalue weighted by molar-refractivity contribution is 6.11. The SMILES string of the molecule is CCN=C1O/C(=C/c2ccc(N(CC)CC)cc2)C(=O)N1CC. The van der Waals surface area contributed by atoms with Crippen LogP contribution >= 0.6 is 0 Å². The first-order valence-electron chi connectivity index (χ1n) is 8.25. The minimum absolute atomic E-state index is 0.132. The number of hydrogen-bond acceptors (Lipinski definition) is 4. The Bertz CT molecular complexity index is 601. The summed E-state index contributed by atoms with van der Waals surface area (Å²) >= 11 is 0. The van der Waals surface area contributed by atoms with E-state index in [2.05, 4.69) is 35.9 Å². The molecule has 23 heavy (non-hydrogen) atoms. The number of carbonyl (C=O) groups excluding carboxylic acids is 1. The molecule has 1 aliphatic rings. The standard InChI is InChI=1S/C18H25N3O2/c1-5-19-18-21(8-4)17(22)16(23-18)13-14-9-11-15(12-10-14)20(6-2)7-3/h9-13H,5-8H2,1-4H3/b16-13+,19-18?. The first-order valence-corrected chi connectivity index (χ1v) is 8.25. The van der Waals surface area contributed by atoms with Gasteiger partial charge in [0.05, 0.1) is 0 Å². The summed E-state index contributed by atoms with van der Waals surface area (Å²) in [7, 11) is 0. The van der Waals surface area contributed by atoms with Gasteiger partial charge in [-0.1, -0.05) is 12.1 Å². The molecule has 0 aliphatic carbocycles. The van der Waals surface area contributed by atoms with Crippen LogP contribution in [0.4, 0.5) is 5.69 Å². The van der Waals surface area contributed by atoms with Gasteiger partial charge in [-0.05, 0) is 51.5 Å². The predicted molar refractivity (Wildman–Crippen MR) is 94.4 cm³/mol. The van der Waals surface area contributed by atoms with Crippen molar-refractivity contribution in [3.05, 3.63) is 35.6 Å². The number of amidine groups is 1. The summed E-state index contributed by atoms with van der Waals surface area (Å²) < 4.78 is 5.62. The number of ether oxygens (including phenoxy) is 1. The maximum atomic E-state index is 12.3. The van der Waals surface area contributed by atoms with Gasteiger partial charge in [-0.2, -0.15) is 0 Å². The maximum absolute atomic E-state index is 12.3. The second-order valence-electron chi connectivity index (χ2n) is 5.18. The van der Waals surface area contributed by atoms with Crippen molar-refractivity contribution < 1.29 is 9.53 Å². The quantitative estimate of drug-likeness (QED) is 0.758. The fourth-order valence-electron chi connectivity index (χ4n) is 2.56. The van der Waals surface area contributed by atoms with Gasteiger partial charge in [0.15, 0.2) is 5.76 Å². The van der Waals surface area contributed by atoms with Crippen LogP contribution in [0.2, 0.25) is 0 Å². The largest absolute Gasteiger partial charge is 0.420 e. The number of anilines is 1. The average Bonchev–Trinajstić information content (AvgIpc) is 2.85. The molecule has 0 radical (unpaired) electrons. The third-order valence-corrected chi connectivity index (χ3v) is 3.82. The monoisotopic (exact) mass is 315 g/mol. The number of benzene rings is 1. The fourth-order valence-corrected chi connectivity index (χ4v) is 2.56. The molecule has 0 spiro atoms. The lowest BCUT2D eigenvalue weighted by molar-refractivity contribution is -0.122. The summed E-state index contributed by atoms with van der Waals surface area (Å²) in [6, 6.07) is 8.53. The number of likely N-dealkylation sites (N-methyl/N-ethyl adjacent to an activating group) is 1. The molecule has 1 aromatic rings. The summed E-state index contributed by atoms with van der Waals surface area (Å²) in [6.45, 7) is 11.2. The number of rotatable bonds is 6. The number of amides is 1. The maximum Gasteiger partial charge on any atom is 0.300 e. The Hall–Kier alpha value is -2.30. The van der Waals surface area contributed by atoms with E-state index in [1.54, 1.807) is 11.0 Å². The number of nitrogens with zero attached hydrogens (tertiary/aromatic N) is 3. The van der Waals surface area contributed by atoms with Crippen LogP contribution in [0.25, 0.3) is 6.08 Å². The molecule has 0 aromatic heterocycles. The summed E-state index contributed by atoms with van der Waals surface area (Å²) in [4.78, 5) is 20.4. The van der Waals surface area contributed by atoms with Crippen molar-refractivity contribution in [2.45, 2.75) is 27.7 Å².